The van der Waals surface area contributed by atoms with Crippen LogP contribution in [0.4, 0.5) is 0 Å². The summed E-state index contributed by atoms with van der Waals surface area (Å²) >= 11 is 1.52. The molecule has 0 aromatic carbocycles. The molecule has 0 unspecified atom stereocenters. The molecule has 0 bridgehead atoms. The Hall–Kier alpha value is -2.47. The maximum absolute atomic E-state index is 11.9. The van der Waals surface area contributed by atoms with E-state index in [9.17, 15) is 4.79 Å². The minimum atomic E-state index is -0.0124. The van der Waals surface area contributed by atoms with Crippen molar-refractivity contribution in [3.05, 3.63) is 65.7 Å². The lowest BCUT2D eigenvalue weighted by atomic mass is 10.3. The highest BCUT2D eigenvalue weighted by atomic mass is 32.1. The molecule has 1 amide bonds. The Morgan fingerprint density at radius 2 is 2.10 bits per heavy atom. The fourth-order valence-corrected chi connectivity index (χ4v) is 2.76. The number of thiazole rings is 1. The van der Waals surface area contributed by atoms with Gasteiger partial charge < -0.3 is 9.88 Å². The lowest BCUT2D eigenvalue weighted by molar-refractivity contribution is -0.120. The zero-order valence-electron chi connectivity index (χ0n) is 11.3. The van der Waals surface area contributed by atoms with Crippen LogP contribution < -0.4 is 5.32 Å². The third kappa shape index (κ3) is 3.55. The van der Waals surface area contributed by atoms with E-state index in [0.717, 1.165) is 15.6 Å². The van der Waals surface area contributed by atoms with Crippen LogP contribution in [0.3, 0.4) is 0 Å². The average molecular weight is 298 g/mol. The van der Waals surface area contributed by atoms with E-state index >= 15 is 0 Å². The van der Waals surface area contributed by atoms with Gasteiger partial charge in [-0.25, -0.2) is 4.98 Å². The summed E-state index contributed by atoms with van der Waals surface area (Å²) in [5, 5.41) is 3.76. The summed E-state index contributed by atoms with van der Waals surface area (Å²) in [6.45, 7) is 0.496. The van der Waals surface area contributed by atoms with Crippen LogP contribution in [-0.4, -0.2) is 20.4 Å². The van der Waals surface area contributed by atoms with E-state index < -0.39 is 0 Å². The third-order valence-corrected chi connectivity index (χ3v) is 3.92. The molecule has 0 atom stereocenters. The zero-order chi connectivity index (χ0) is 14.5. The number of rotatable bonds is 5. The van der Waals surface area contributed by atoms with Crippen molar-refractivity contribution >= 4 is 17.2 Å². The third-order valence-electron chi connectivity index (χ3n) is 2.91. The van der Waals surface area contributed by atoms with Crippen LogP contribution in [0, 0.1) is 0 Å². The molecule has 0 aliphatic carbocycles. The second-order valence-electron chi connectivity index (χ2n) is 4.51. The second kappa shape index (κ2) is 6.32. The van der Waals surface area contributed by atoms with Crippen molar-refractivity contribution in [3.63, 3.8) is 0 Å². The van der Waals surface area contributed by atoms with E-state index in [1.54, 1.807) is 18.6 Å². The van der Waals surface area contributed by atoms with Gasteiger partial charge >= 0.3 is 0 Å². The Bertz CT molecular complexity index is 706. The van der Waals surface area contributed by atoms with Gasteiger partial charge in [0.05, 0.1) is 6.42 Å². The minimum absolute atomic E-state index is 0.0124. The lowest BCUT2D eigenvalue weighted by Gasteiger charge is -2.03. The van der Waals surface area contributed by atoms with Gasteiger partial charge in [0.25, 0.3) is 0 Å². The van der Waals surface area contributed by atoms with Crippen LogP contribution in [-0.2, 0) is 17.8 Å². The fraction of sp³-hybridized carbons (Fsp3) is 0.133. The van der Waals surface area contributed by atoms with Gasteiger partial charge in [-0.3, -0.25) is 9.78 Å². The second-order valence-corrected chi connectivity index (χ2v) is 5.61. The molecule has 3 heterocycles. The molecule has 0 saturated carbocycles. The molecule has 5 nitrogen and oxygen atoms in total. The number of nitrogens with zero attached hydrogens (tertiary/aromatic N) is 3. The van der Waals surface area contributed by atoms with E-state index in [0.29, 0.717) is 13.0 Å². The van der Waals surface area contributed by atoms with Crippen molar-refractivity contribution in [1.29, 1.82) is 0 Å². The summed E-state index contributed by atoms with van der Waals surface area (Å²) in [6.07, 6.45) is 9.43. The molecule has 21 heavy (non-hydrogen) atoms. The number of pyridine rings is 1. The minimum Gasteiger partial charge on any atom is -0.352 e. The molecule has 0 saturated heterocycles. The predicted molar refractivity (Wildman–Crippen MR) is 81.2 cm³/mol. The number of carbonyl (C=O) groups excluding carboxylic acids is 1. The van der Waals surface area contributed by atoms with Crippen molar-refractivity contribution in [2.75, 3.05) is 0 Å². The van der Waals surface area contributed by atoms with Gasteiger partial charge in [0, 0.05) is 42.4 Å². The molecule has 3 aromatic heterocycles. The van der Waals surface area contributed by atoms with Crippen molar-refractivity contribution < 1.29 is 4.79 Å². The van der Waals surface area contributed by atoms with Gasteiger partial charge in [-0.2, -0.15) is 0 Å². The first-order valence-electron chi connectivity index (χ1n) is 6.55. The summed E-state index contributed by atoms with van der Waals surface area (Å²) in [5.74, 6) is -0.0124. The van der Waals surface area contributed by atoms with Crippen LogP contribution >= 0.6 is 11.3 Å². The first-order chi connectivity index (χ1) is 10.3. The maximum Gasteiger partial charge on any atom is 0.225 e. The molecule has 6 heteroatoms. The monoisotopic (exact) mass is 298 g/mol. The quantitative estimate of drug-likeness (QED) is 0.785. The Balaban J connectivity index is 1.55. The number of amides is 1. The van der Waals surface area contributed by atoms with E-state index in [1.807, 2.05) is 41.2 Å². The topological polar surface area (TPSA) is 59.8 Å². The van der Waals surface area contributed by atoms with Crippen molar-refractivity contribution in [2.24, 2.45) is 0 Å². The molecule has 1 N–H and O–H groups in total. The summed E-state index contributed by atoms with van der Waals surface area (Å²) in [6, 6.07) is 7.68. The predicted octanol–water partition coefficient (Wildman–Crippen LogP) is 2.19. The summed E-state index contributed by atoms with van der Waals surface area (Å²) < 4.78 is 1.93. The van der Waals surface area contributed by atoms with Gasteiger partial charge in [-0.1, -0.05) is 6.07 Å². The molecule has 3 aromatic rings. The highest BCUT2D eigenvalue weighted by Crippen LogP contribution is 2.17. The molecule has 0 radical (unpaired) electrons. The highest BCUT2D eigenvalue weighted by molar-refractivity contribution is 7.14. The molecule has 3 rings (SSSR count). The van der Waals surface area contributed by atoms with Crippen LogP contribution in [0.2, 0.25) is 0 Å². The highest BCUT2D eigenvalue weighted by Gasteiger charge is 2.08. The van der Waals surface area contributed by atoms with Gasteiger partial charge in [-0.05, 0) is 23.8 Å². The molecular formula is C15H14N4OS. The SMILES string of the molecule is O=C(Cc1cnc(-n2cccc2)s1)NCc1cccnc1. The Kier molecular flexibility index (Phi) is 4.07. The lowest BCUT2D eigenvalue weighted by Crippen LogP contribution is -2.24. The van der Waals surface area contributed by atoms with Crippen LogP contribution in [0.15, 0.2) is 55.2 Å². The molecule has 0 spiro atoms. The van der Waals surface area contributed by atoms with E-state index in [-0.39, 0.29) is 5.91 Å². The fourth-order valence-electron chi connectivity index (χ4n) is 1.88. The van der Waals surface area contributed by atoms with Gasteiger partial charge in [0.15, 0.2) is 5.13 Å². The molecule has 0 aliphatic rings. The van der Waals surface area contributed by atoms with Crippen LogP contribution in [0.1, 0.15) is 10.4 Å². The van der Waals surface area contributed by atoms with Crippen molar-refractivity contribution in [1.82, 2.24) is 19.9 Å². The smallest absolute Gasteiger partial charge is 0.225 e. The number of hydrogen-bond acceptors (Lipinski definition) is 4. The van der Waals surface area contributed by atoms with Crippen molar-refractivity contribution in [2.45, 2.75) is 13.0 Å². The average Bonchev–Trinajstić information content (AvgIpc) is 3.17. The number of aromatic nitrogens is 3. The van der Waals surface area contributed by atoms with E-state index in [4.69, 9.17) is 0 Å². The first-order valence-corrected chi connectivity index (χ1v) is 7.36. The number of nitrogens with one attached hydrogen (secondary N) is 1. The standard InChI is InChI=1S/C15H14N4OS/c20-14(17-10-12-4-3-5-16-9-12)8-13-11-18-15(21-13)19-6-1-2-7-19/h1-7,9,11H,8,10H2,(H,17,20). The number of carbonyl (C=O) groups is 1. The molecular weight excluding hydrogens is 284 g/mol. The van der Waals surface area contributed by atoms with Crippen molar-refractivity contribution in [3.8, 4) is 5.13 Å². The zero-order valence-corrected chi connectivity index (χ0v) is 12.1. The Morgan fingerprint density at radius 1 is 1.24 bits per heavy atom. The summed E-state index contributed by atoms with van der Waals surface area (Å²) in [7, 11) is 0. The van der Waals surface area contributed by atoms with E-state index in [1.165, 1.54) is 11.3 Å². The van der Waals surface area contributed by atoms with Gasteiger partial charge in [0.1, 0.15) is 0 Å². The number of hydrogen-bond donors (Lipinski definition) is 1. The van der Waals surface area contributed by atoms with Crippen LogP contribution in [0.5, 0.6) is 0 Å². The normalized spacial score (nSPS) is 10.5. The Morgan fingerprint density at radius 3 is 2.86 bits per heavy atom. The van der Waals surface area contributed by atoms with Gasteiger partial charge in [-0.15, -0.1) is 11.3 Å². The summed E-state index contributed by atoms with van der Waals surface area (Å²) in [5.41, 5.74) is 0.989. The molecule has 106 valence electrons. The molecule has 0 fully saturated rings. The van der Waals surface area contributed by atoms with Gasteiger partial charge in [0.2, 0.25) is 5.91 Å². The Labute approximate surface area is 126 Å². The molecule has 0 aliphatic heterocycles. The maximum atomic E-state index is 11.9. The largest absolute Gasteiger partial charge is 0.352 e. The summed E-state index contributed by atoms with van der Waals surface area (Å²) in [4.78, 5) is 21.2. The van der Waals surface area contributed by atoms with Crippen LogP contribution in [0.25, 0.3) is 5.13 Å². The first kappa shape index (κ1) is 13.5. The van der Waals surface area contributed by atoms with E-state index in [2.05, 4.69) is 15.3 Å².